The Morgan fingerprint density at radius 2 is 1.68 bits per heavy atom. The number of nitrogens with zero attached hydrogens (tertiary/aromatic N) is 5. The summed E-state index contributed by atoms with van der Waals surface area (Å²) in [5.41, 5.74) is 1.00. The predicted octanol–water partition coefficient (Wildman–Crippen LogP) is 2.17. The number of carbonyl (C=O) groups excluding carboxylic acids is 1. The van der Waals surface area contributed by atoms with E-state index in [4.69, 9.17) is 4.74 Å². The molecule has 0 bridgehead atoms. The number of piperazine rings is 1. The molecule has 0 unspecified atom stereocenters. The van der Waals surface area contributed by atoms with E-state index in [2.05, 4.69) is 14.9 Å². The lowest BCUT2D eigenvalue weighted by Gasteiger charge is -2.35. The fourth-order valence-corrected chi connectivity index (χ4v) is 3.35. The van der Waals surface area contributed by atoms with Gasteiger partial charge in [-0.05, 0) is 29.8 Å². The summed E-state index contributed by atoms with van der Waals surface area (Å²) in [4.78, 5) is 25.5. The molecule has 2 aromatic heterocycles. The lowest BCUT2D eigenvalue weighted by Crippen LogP contribution is -2.49. The van der Waals surface area contributed by atoms with Crippen LogP contribution in [0.1, 0.15) is 5.56 Å². The summed E-state index contributed by atoms with van der Waals surface area (Å²) in [6.07, 6.45) is 5.92. The number of hydrogen-bond donors (Lipinski definition) is 0. The van der Waals surface area contributed by atoms with Crippen LogP contribution in [0.4, 0.5) is 5.82 Å². The standard InChI is InChI=1S/C21H23N5O2/c1-28-18-6-4-17(5-7-18)14-21(27)26-12-10-25(11-13-26)20-15-19(22-16-23-20)24-8-2-3-9-24/h2-9,15-16H,10-14H2,1H3. The van der Waals surface area contributed by atoms with Gasteiger partial charge in [0.1, 0.15) is 23.7 Å². The van der Waals surface area contributed by atoms with Crippen LogP contribution in [0, 0.1) is 0 Å². The zero-order valence-electron chi connectivity index (χ0n) is 15.9. The summed E-state index contributed by atoms with van der Waals surface area (Å²) >= 11 is 0. The number of ether oxygens (including phenoxy) is 1. The van der Waals surface area contributed by atoms with Gasteiger partial charge in [0.25, 0.3) is 0 Å². The van der Waals surface area contributed by atoms with Gasteiger partial charge in [-0.3, -0.25) is 4.79 Å². The number of methoxy groups -OCH3 is 1. The molecule has 1 fully saturated rings. The van der Waals surface area contributed by atoms with E-state index in [-0.39, 0.29) is 5.91 Å². The largest absolute Gasteiger partial charge is 0.497 e. The summed E-state index contributed by atoms with van der Waals surface area (Å²) in [5.74, 6) is 2.68. The Hall–Kier alpha value is -3.35. The Kier molecular flexibility index (Phi) is 5.23. The van der Waals surface area contributed by atoms with Crippen molar-refractivity contribution >= 4 is 11.7 Å². The van der Waals surface area contributed by atoms with Crippen molar-refractivity contribution < 1.29 is 9.53 Å². The summed E-state index contributed by atoms with van der Waals surface area (Å²) in [6.45, 7) is 2.91. The summed E-state index contributed by atoms with van der Waals surface area (Å²) in [5, 5.41) is 0. The molecule has 0 aliphatic carbocycles. The normalized spacial score (nSPS) is 14.2. The molecule has 7 heteroatoms. The summed E-state index contributed by atoms with van der Waals surface area (Å²) < 4.78 is 7.12. The molecule has 0 saturated carbocycles. The van der Waals surface area contributed by atoms with Crippen molar-refractivity contribution in [1.82, 2.24) is 19.4 Å². The quantitative estimate of drug-likeness (QED) is 0.682. The first kappa shape index (κ1) is 18.0. The van der Waals surface area contributed by atoms with Crippen LogP contribution in [0.2, 0.25) is 0 Å². The molecule has 3 aromatic rings. The van der Waals surface area contributed by atoms with Gasteiger partial charge < -0.3 is 19.1 Å². The molecule has 1 aliphatic heterocycles. The number of aromatic nitrogens is 3. The lowest BCUT2D eigenvalue weighted by molar-refractivity contribution is -0.130. The van der Waals surface area contributed by atoms with Gasteiger partial charge in [0.15, 0.2) is 0 Å². The van der Waals surface area contributed by atoms with Gasteiger partial charge in [0.2, 0.25) is 5.91 Å². The maximum Gasteiger partial charge on any atom is 0.227 e. The molecule has 1 aliphatic rings. The topological polar surface area (TPSA) is 63.5 Å². The lowest BCUT2D eigenvalue weighted by atomic mass is 10.1. The third kappa shape index (κ3) is 3.98. The van der Waals surface area contributed by atoms with Crippen LogP contribution in [0.25, 0.3) is 5.82 Å². The van der Waals surface area contributed by atoms with Crippen LogP contribution >= 0.6 is 0 Å². The van der Waals surface area contributed by atoms with Gasteiger partial charge >= 0.3 is 0 Å². The minimum Gasteiger partial charge on any atom is -0.497 e. The molecule has 4 rings (SSSR count). The summed E-state index contributed by atoms with van der Waals surface area (Å²) in [7, 11) is 1.64. The van der Waals surface area contributed by atoms with Crippen LogP contribution in [-0.4, -0.2) is 58.6 Å². The number of hydrogen-bond acceptors (Lipinski definition) is 5. The molecule has 0 radical (unpaired) electrons. The second-order valence-electron chi connectivity index (χ2n) is 6.72. The molecule has 1 aromatic carbocycles. The average Bonchev–Trinajstić information content (AvgIpc) is 3.29. The monoisotopic (exact) mass is 377 g/mol. The second-order valence-corrected chi connectivity index (χ2v) is 6.72. The van der Waals surface area contributed by atoms with Crippen molar-refractivity contribution in [2.45, 2.75) is 6.42 Å². The fourth-order valence-electron chi connectivity index (χ4n) is 3.35. The molecular formula is C21H23N5O2. The molecule has 0 N–H and O–H groups in total. The Balaban J connectivity index is 1.35. The van der Waals surface area contributed by atoms with Crippen molar-refractivity contribution in [2.24, 2.45) is 0 Å². The Morgan fingerprint density at radius 1 is 1.00 bits per heavy atom. The maximum atomic E-state index is 12.6. The van der Waals surface area contributed by atoms with Crippen LogP contribution in [-0.2, 0) is 11.2 Å². The number of carbonyl (C=O) groups is 1. The summed E-state index contributed by atoms with van der Waals surface area (Å²) in [6, 6.07) is 13.6. The van der Waals surface area contributed by atoms with Crippen molar-refractivity contribution in [3.8, 4) is 11.6 Å². The third-order valence-electron chi connectivity index (χ3n) is 4.98. The van der Waals surface area contributed by atoms with Crippen LogP contribution in [0.3, 0.4) is 0 Å². The van der Waals surface area contributed by atoms with Gasteiger partial charge in [0, 0.05) is 44.6 Å². The van der Waals surface area contributed by atoms with E-state index < -0.39 is 0 Å². The molecule has 144 valence electrons. The second kappa shape index (κ2) is 8.12. The number of benzene rings is 1. The maximum absolute atomic E-state index is 12.6. The minimum atomic E-state index is 0.153. The van der Waals surface area contributed by atoms with Crippen LogP contribution in [0.15, 0.2) is 61.2 Å². The van der Waals surface area contributed by atoms with E-state index >= 15 is 0 Å². The zero-order chi connectivity index (χ0) is 19.3. The SMILES string of the molecule is COc1ccc(CC(=O)N2CCN(c3cc(-n4cccc4)ncn3)CC2)cc1. The predicted molar refractivity (Wildman–Crippen MR) is 107 cm³/mol. The highest BCUT2D eigenvalue weighted by molar-refractivity contribution is 5.79. The number of amides is 1. The smallest absolute Gasteiger partial charge is 0.227 e. The zero-order valence-corrected chi connectivity index (χ0v) is 15.9. The molecule has 3 heterocycles. The van der Waals surface area contributed by atoms with Gasteiger partial charge in [-0.2, -0.15) is 0 Å². The molecule has 28 heavy (non-hydrogen) atoms. The van der Waals surface area contributed by atoms with Crippen LogP contribution in [0.5, 0.6) is 5.75 Å². The van der Waals surface area contributed by atoms with E-state index in [9.17, 15) is 4.79 Å². The number of anilines is 1. The highest BCUT2D eigenvalue weighted by Gasteiger charge is 2.22. The highest BCUT2D eigenvalue weighted by Crippen LogP contribution is 2.17. The van der Waals surface area contributed by atoms with Crippen molar-refractivity contribution in [2.75, 3.05) is 38.2 Å². The van der Waals surface area contributed by atoms with Gasteiger partial charge in [-0.1, -0.05) is 12.1 Å². The van der Waals surface area contributed by atoms with Gasteiger partial charge in [-0.15, -0.1) is 0 Å². The molecule has 7 nitrogen and oxygen atoms in total. The van der Waals surface area contributed by atoms with Crippen molar-refractivity contribution in [1.29, 1.82) is 0 Å². The fraction of sp³-hybridized carbons (Fsp3) is 0.286. The van der Waals surface area contributed by atoms with Gasteiger partial charge in [-0.25, -0.2) is 9.97 Å². The first-order valence-electron chi connectivity index (χ1n) is 9.34. The average molecular weight is 377 g/mol. The van der Waals surface area contributed by atoms with E-state index in [1.165, 1.54) is 0 Å². The van der Waals surface area contributed by atoms with Crippen LogP contribution < -0.4 is 9.64 Å². The molecule has 0 spiro atoms. The van der Waals surface area contributed by atoms with Crippen molar-refractivity contribution in [3.63, 3.8) is 0 Å². The minimum absolute atomic E-state index is 0.153. The van der Waals surface area contributed by atoms with E-state index in [0.717, 1.165) is 36.0 Å². The molecular weight excluding hydrogens is 354 g/mol. The van der Waals surface area contributed by atoms with E-state index in [1.807, 2.05) is 64.3 Å². The Labute approximate surface area is 164 Å². The van der Waals surface area contributed by atoms with Gasteiger partial charge in [0.05, 0.1) is 13.5 Å². The molecule has 0 atom stereocenters. The first-order chi connectivity index (χ1) is 13.7. The number of rotatable bonds is 5. The molecule has 1 amide bonds. The van der Waals surface area contributed by atoms with Crippen molar-refractivity contribution in [3.05, 3.63) is 66.7 Å². The Bertz CT molecular complexity index is 916. The Morgan fingerprint density at radius 3 is 2.36 bits per heavy atom. The van der Waals surface area contributed by atoms with E-state index in [0.29, 0.717) is 19.5 Å². The third-order valence-corrected chi connectivity index (χ3v) is 4.98. The van der Waals surface area contributed by atoms with E-state index in [1.54, 1.807) is 13.4 Å². The molecule has 1 saturated heterocycles. The highest BCUT2D eigenvalue weighted by atomic mass is 16.5. The first-order valence-corrected chi connectivity index (χ1v) is 9.34.